The molecule has 2 N–H and O–H groups in total. The van der Waals surface area contributed by atoms with Crippen molar-refractivity contribution in [3.05, 3.63) is 58.6 Å². The second-order valence-corrected chi connectivity index (χ2v) is 6.66. The molecular formula is C18H17Cl2N3O2. The van der Waals surface area contributed by atoms with E-state index < -0.39 is 6.04 Å². The Hall–Kier alpha value is -2.24. The molecule has 1 atom stereocenters. The quantitative estimate of drug-likeness (QED) is 0.818. The Bertz CT molecular complexity index is 780. The van der Waals surface area contributed by atoms with Gasteiger partial charge in [-0.2, -0.15) is 0 Å². The average molecular weight is 378 g/mol. The number of benzene rings is 2. The van der Waals surface area contributed by atoms with Crippen molar-refractivity contribution in [2.75, 3.05) is 17.2 Å². The molecule has 2 aromatic rings. The van der Waals surface area contributed by atoms with Crippen LogP contribution < -0.4 is 10.6 Å². The highest BCUT2D eigenvalue weighted by Crippen LogP contribution is 2.22. The second kappa shape index (κ2) is 7.76. The zero-order valence-corrected chi connectivity index (χ0v) is 14.8. The van der Waals surface area contributed by atoms with Gasteiger partial charge >= 0.3 is 6.03 Å². The number of hydrogen-bond acceptors (Lipinski definition) is 2. The number of urea groups is 1. The number of carbonyl (C=O) groups is 2. The first-order chi connectivity index (χ1) is 12.0. The van der Waals surface area contributed by atoms with E-state index in [1.165, 1.54) is 0 Å². The summed E-state index contributed by atoms with van der Waals surface area (Å²) in [7, 11) is 0. The second-order valence-electron chi connectivity index (χ2n) is 5.79. The molecule has 0 saturated carbocycles. The van der Waals surface area contributed by atoms with Crippen molar-refractivity contribution >= 4 is 46.5 Å². The highest BCUT2D eigenvalue weighted by atomic mass is 35.5. The number of anilines is 2. The molecule has 0 aliphatic carbocycles. The molecule has 25 heavy (non-hydrogen) atoms. The Morgan fingerprint density at radius 2 is 1.72 bits per heavy atom. The van der Waals surface area contributed by atoms with E-state index in [9.17, 15) is 9.59 Å². The number of amides is 3. The summed E-state index contributed by atoms with van der Waals surface area (Å²) in [5.74, 6) is -0.207. The minimum atomic E-state index is -0.505. The van der Waals surface area contributed by atoms with E-state index in [0.29, 0.717) is 34.4 Å². The molecule has 3 amide bonds. The van der Waals surface area contributed by atoms with Crippen LogP contribution in [0.25, 0.3) is 0 Å². The first-order valence-corrected chi connectivity index (χ1v) is 8.68. The zero-order chi connectivity index (χ0) is 17.8. The van der Waals surface area contributed by atoms with Crippen molar-refractivity contribution in [3.8, 4) is 0 Å². The van der Waals surface area contributed by atoms with E-state index in [1.54, 1.807) is 53.4 Å². The van der Waals surface area contributed by atoms with Crippen molar-refractivity contribution in [2.45, 2.75) is 18.9 Å². The summed E-state index contributed by atoms with van der Waals surface area (Å²) in [6, 6.07) is 13.0. The van der Waals surface area contributed by atoms with Crippen molar-refractivity contribution in [3.63, 3.8) is 0 Å². The van der Waals surface area contributed by atoms with Gasteiger partial charge in [-0.3, -0.25) is 4.79 Å². The molecule has 1 aliphatic heterocycles. The van der Waals surface area contributed by atoms with E-state index in [-0.39, 0.29) is 11.9 Å². The fourth-order valence-electron chi connectivity index (χ4n) is 2.80. The predicted octanol–water partition coefficient (Wildman–Crippen LogP) is 4.63. The van der Waals surface area contributed by atoms with Gasteiger partial charge in [0.05, 0.1) is 0 Å². The third-order valence-electron chi connectivity index (χ3n) is 4.00. The third kappa shape index (κ3) is 4.44. The molecule has 0 bridgehead atoms. The van der Waals surface area contributed by atoms with Gasteiger partial charge in [-0.25, -0.2) is 4.79 Å². The monoisotopic (exact) mass is 377 g/mol. The van der Waals surface area contributed by atoms with Gasteiger partial charge in [0.1, 0.15) is 6.04 Å². The van der Waals surface area contributed by atoms with Crippen LogP contribution in [0.3, 0.4) is 0 Å². The molecule has 7 heteroatoms. The maximum absolute atomic E-state index is 12.5. The Balaban J connectivity index is 1.65. The number of halogens is 2. The van der Waals surface area contributed by atoms with Crippen molar-refractivity contribution in [1.82, 2.24) is 4.90 Å². The van der Waals surface area contributed by atoms with Crippen LogP contribution in [0.1, 0.15) is 12.8 Å². The molecule has 5 nitrogen and oxygen atoms in total. The fourth-order valence-corrected chi connectivity index (χ4v) is 3.12. The molecule has 0 radical (unpaired) electrons. The molecule has 0 unspecified atom stereocenters. The molecule has 0 aromatic heterocycles. The van der Waals surface area contributed by atoms with Crippen LogP contribution in [-0.2, 0) is 4.79 Å². The summed E-state index contributed by atoms with van der Waals surface area (Å²) < 4.78 is 0. The number of rotatable bonds is 3. The molecule has 1 saturated heterocycles. The fraction of sp³-hybridized carbons (Fsp3) is 0.222. The first kappa shape index (κ1) is 17.6. The van der Waals surface area contributed by atoms with E-state index >= 15 is 0 Å². The summed E-state index contributed by atoms with van der Waals surface area (Å²) in [5, 5.41) is 6.75. The lowest BCUT2D eigenvalue weighted by atomic mass is 10.2. The first-order valence-electron chi connectivity index (χ1n) is 7.92. The molecule has 1 aliphatic rings. The highest BCUT2D eigenvalue weighted by Gasteiger charge is 2.34. The minimum Gasteiger partial charge on any atom is -0.324 e. The summed E-state index contributed by atoms with van der Waals surface area (Å²) in [6.45, 7) is 0.533. The average Bonchev–Trinajstić information content (AvgIpc) is 3.07. The molecule has 1 heterocycles. The number of nitrogens with zero attached hydrogens (tertiary/aromatic N) is 1. The predicted molar refractivity (Wildman–Crippen MR) is 100 cm³/mol. The van der Waals surface area contributed by atoms with Gasteiger partial charge in [0.15, 0.2) is 0 Å². The van der Waals surface area contributed by atoms with Gasteiger partial charge in [-0.1, -0.05) is 29.3 Å². The maximum atomic E-state index is 12.5. The minimum absolute atomic E-state index is 0.207. The highest BCUT2D eigenvalue weighted by molar-refractivity contribution is 6.31. The van der Waals surface area contributed by atoms with Crippen LogP contribution in [0.4, 0.5) is 16.2 Å². The third-order valence-corrected chi connectivity index (χ3v) is 4.49. The Morgan fingerprint density at radius 1 is 0.960 bits per heavy atom. The van der Waals surface area contributed by atoms with E-state index in [2.05, 4.69) is 10.6 Å². The molecule has 2 aromatic carbocycles. The van der Waals surface area contributed by atoms with Gasteiger partial charge in [0.25, 0.3) is 0 Å². The van der Waals surface area contributed by atoms with Gasteiger partial charge in [-0.05, 0) is 55.3 Å². The lowest BCUT2D eigenvalue weighted by molar-refractivity contribution is -0.119. The zero-order valence-electron chi connectivity index (χ0n) is 13.3. The maximum Gasteiger partial charge on any atom is 0.322 e. The van der Waals surface area contributed by atoms with E-state index in [1.807, 2.05) is 0 Å². The topological polar surface area (TPSA) is 61.4 Å². The van der Waals surface area contributed by atoms with Crippen molar-refractivity contribution in [2.24, 2.45) is 0 Å². The van der Waals surface area contributed by atoms with Crippen LogP contribution >= 0.6 is 23.2 Å². The van der Waals surface area contributed by atoms with Crippen molar-refractivity contribution < 1.29 is 9.59 Å². The standard InChI is InChI=1S/C18H17Cl2N3O2/c19-12-6-8-14(9-7-12)21-17(24)16-5-2-10-23(16)18(25)22-15-4-1-3-13(20)11-15/h1,3-4,6-9,11,16H,2,5,10H2,(H,21,24)(H,22,25)/t16-/m0/s1. The summed E-state index contributed by atoms with van der Waals surface area (Å²) in [5.41, 5.74) is 1.25. The van der Waals surface area contributed by atoms with Crippen LogP contribution in [0.2, 0.25) is 10.0 Å². The van der Waals surface area contributed by atoms with E-state index in [4.69, 9.17) is 23.2 Å². The number of carbonyl (C=O) groups excluding carboxylic acids is 2. The number of likely N-dealkylation sites (tertiary alicyclic amines) is 1. The lowest BCUT2D eigenvalue weighted by Gasteiger charge is -2.24. The van der Waals surface area contributed by atoms with Gasteiger partial charge in [0.2, 0.25) is 5.91 Å². The number of hydrogen-bond donors (Lipinski definition) is 2. The molecular weight excluding hydrogens is 361 g/mol. The summed E-state index contributed by atoms with van der Waals surface area (Å²) in [6.07, 6.45) is 1.41. The van der Waals surface area contributed by atoms with Crippen LogP contribution in [0.15, 0.2) is 48.5 Å². The van der Waals surface area contributed by atoms with Gasteiger partial charge < -0.3 is 15.5 Å². The van der Waals surface area contributed by atoms with Crippen LogP contribution in [0.5, 0.6) is 0 Å². The smallest absolute Gasteiger partial charge is 0.322 e. The normalized spacial score (nSPS) is 16.6. The molecule has 3 rings (SSSR count). The molecule has 0 spiro atoms. The molecule has 130 valence electrons. The van der Waals surface area contributed by atoms with Crippen LogP contribution in [-0.4, -0.2) is 29.4 Å². The van der Waals surface area contributed by atoms with E-state index in [0.717, 1.165) is 6.42 Å². The van der Waals surface area contributed by atoms with Gasteiger partial charge in [-0.15, -0.1) is 0 Å². The lowest BCUT2D eigenvalue weighted by Crippen LogP contribution is -2.45. The molecule has 1 fully saturated rings. The number of nitrogens with one attached hydrogen (secondary N) is 2. The largest absolute Gasteiger partial charge is 0.324 e. The Kier molecular flexibility index (Phi) is 5.46. The summed E-state index contributed by atoms with van der Waals surface area (Å²) >= 11 is 11.8. The summed E-state index contributed by atoms with van der Waals surface area (Å²) in [4.78, 5) is 26.6. The Morgan fingerprint density at radius 3 is 2.44 bits per heavy atom. The Labute approximate surface area is 155 Å². The SMILES string of the molecule is O=C(Nc1ccc(Cl)cc1)[C@@H]1CCCN1C(=O)Nc1cccc(Cl)c1. The van der Waals surface area contributed by atoms with Gasteiger partial charge in [0, 0.05) is 28.0 Å². The van der Waals surface area contributed by atoms with Crippen molar-refractivity contribution in [1.29, 1.82) is 0 Å². The van der Waals surface area contributed by atoms with Crippen LogP contribution in [0, 0.1) is 0 Å².